The summed E-state index contributed by atoms with van der Waals surface area (Å²) < 4.78 is 0. The number of unbranched alkanes of at least 4 members (excludes halogenated alkanes) is 2. The number of β-amino-alcohol motifs (C(OH)–C–C–N with tert-alkyl or cyclic N) is 1. The number of carbonyl (C=O) groups is 2. The standard InChI is InChI=1S/C12H22N2O4/c1-3-4-5-6-13(2)12(18)14-8-9(15)7-10(14)11(16)17/h9-10,15H,3-8H2,1-2H3,(H,16,17)/t9?,10-/m0/s1. The van der Waals surface area contributed by atoms with Gasteiger partial charge in [0.05, 0.1) is 6.10 Å². The van der Waals surface area contributed by atoms with Crippen LogP contribution in [0.2, 0.25) is 0 Å². The molecular weight excluding hydrogens is 236 g/mol. The van der Waals surface area contributed by atoms with E-state index in [-0.39, 0.29) is 19.0 Å². The number of aliphatic hydroxyl groups is 1. The smallest absolute Gasteiger partial charge is 0.326 e. The van der Waals surface area contributed by atoms with Crippen molar-refractivity contribution in [1.29, 1.82) is 0 Å². The van der Waals surface area contributed by atoms with Crippen LogP contribution < -0.4 is 0 Å². The highest BCUT2D eigenvalue weighted by Crippen LogP contribution is 2.19. The number of urea groups is 1. The number of amides is 2. The highest BCUT2D eigenvalue weighted by Gasteiger charge is 2.39. The molecule has 1 heterocycles. The van der Waals surface area contributed by atoms with Crippen LogP contribution in [-0.4, -0.2) is 64.3 Å². The maximum absolute atomic E-state index is 12.1. The Morgan fingerprint density at radius 2 is 2.06 bits per heavy atom. The van der Waals surface area contributed by atoms with E-state index in [0.717, 1.165) is 19.3 Å². The van der Waals surface area contributed by atoms with E-state index in [1.807, 2.05) is 0 Å². The van der Waals surface area contributed by atoms with Gasteiger partial charge in [-0.05, 0) is 6.42 Å². The Morgan fingerprint density at radius 3 is 2.61 bits per heavy atom. The second kappa shape index (κ2) is 6.58. The number of rotatable bonds is 5. The van der Waals surface area contributed by atoms with Crippen molar-refractivity contribution >= 4 is 12.0 Å². The van der Waals surface area contributed by atoms with Gasteiger partial charge in [0.1, 0.15) is 6.04 Å². The van der Waals surface area contributed by atoms with Gasteiger partial charge in [-0.1, -0.05) is 19.8 Å². The summed E-state index contributed by atoms with van der Waals surface area (Å²) >= 11 is 0. The molecule has 1 aliphatic heterocycles. The summed E-state index contributed by atoms with van der Waals surface area (Å²) in [6.45, 7) is 2.80. The molecule has 1 saturated heterocycles. The Morgan fingerprint density at radius 1 is 1.39 bits per heavy atom. The molecule has 0 saturated carbocycles. The molecule has 0 aromatic rings. The number of aliphatic carboxylic acids is 1. The first-order valence-corrected chi connectivity index (χ1v) is 6.40. The van der Waals surface area contributed by atoms with Gasteiger partial charge in [0.15, 0.2) is 0 Å². The van der Waals surface area contributed by atoms with Gasteiger partial charge < -0.3 is 20.0 Å². The predicted octanol–water partition coefficient (Wildman–Crippen LogP) is 0.748. The van der Waals surface area contributed by atoms with E-state index in [2.05, 4.69) is 6.92 Å². The van der Waals surface area contributed by atoms with Gasteiger partial charge in [-0.3, -0.25) is 0 Å². The largest absolute Gasteiger partial charge is 0.480 e. The first-order chi connectivity index (χ1) is 8.47. The van der Waals surface area contributed by atoms with Crippen molar-refractivity contribution < 1.29 is 19.8 Å². The second-order valence-corrected chi connectivity index (χ2v) is 4.81. The lowest BCUT2D eigenvalue weighted by Gasteiger charge is -2.27. The van der Waals surface area contributed by atoms with Crippen molar-refractivity contribution in [2.75, 3.05) is 20.1 Å². The Balaban J connectivity index is 2.56. The molecule has 1 rings (SSSR count). The minimum Gasteiger partial charge on any atom is -0.480 e. The maximum atomic E-state index is 12.1. The molecule has 104 valence electrons. The molecule has 0 aliphatic carbocycles. The van der Waals surface area contributed by atoms with Crippen LogP contribution in [0.4, 0.5) is 4.79 Å². The predicted molar refractivity (Wildman–Crippen MR) is 66.3 cm³/mol. The average molecular weight is 258 g/mol. The third kappa shape index (κ3) is 3.60. The second-order valence-electron chi connectivity index (χ2n) is 4.81. The third-order valence-corrected chi connectivity index (χ3v) is 3.23. The van der Waals surface area contributed by atoms with Gasteiger partial charge in [-0.15, -0.1) is 0 Å². The zero-order valence-electron chi connectivity index (χ0n) is 11.0. The third-order valence-electron chi connectivity index (χ3n) is 3.23. The van der Waals surface area contributed by atoms with Crippen LogP contribution in [0.1, 0.15) is 32.6 Å². The van der Waals surface area contributed by atoms with Gasteiger partial charge >= 0.3 is 12.0 Å². The molecule has 6 nitrogen and oxygen atoms in total. The molecule has 0 radical (unpaired) electrons. The quantitative estimate of drug-likeness (QED) is 0.713. The minimum absolute atomic E-state index is 0.105. The number of hydrogen-bond acceptors (Lipinski definition) is 3. The summed E-state index contributed by atoms with van der Waals surface area (Å²) in [5, 5.41) is 18.5. The number of hydrogen-bond donors (Lipinski definition) is 2. The van der Waals surface area contributed by atoms with Gasteiger partial charge in [0.2, 0.25) is 0 Å². The molecule has 2 atom stereocenters. The fourth-order valence-electron chi connectivity index (χ4n) is 2.17. The summed E-state index contributed by atoms with van der Waals surface area (Å²) in [7, 11) is 1.67. The summed E-state index contributed by atoms with van der Waals surface area (Å²) in [6.07, 6.45) is 2.40. The lowest BCUT2D eigenvalue weighted by Crippen LogP contribution is -2.47. The van der Waals surface area contributed by atoms with E-state index in [4.69, 9.17) is 5.11 Å². The molecule has 0 aromatic carbocycles. The minimum atomic E-state index is -1.05. The zero-order chi connectivity index (χ0) is 13.7. The van der Waals surface area contributed by atoms with E-state index in [1.165, 1.54) is 9.80 Å². The normalized spacial score (nSPS) is 23.2. The van der Waals surface area contributed by atoms with Crippen LogP contribution in [0.5, 0.6) is 0 Å². The van der Waals surface area contributed by atoms with E-state index < -0.39 is 18.1 Å². The summed E-state index contributed by atoms with van der Waals surface area (Å²) in [5.74, 6) is -1.05. The van der Waals surface area contributed by atoms with Crippen LogP contribution >= 0.6 is 0 Å². The highest BCUT2D eigenvalue weighted by molar-refractivity contribution is 5.83. The zero-order valence-corrected chi connectivity index (χ0v) is 11.0. The molecule has 1 aliphatic rings. The molecule has 1 unspecified atom stereocenters. The number of carboxylic acid groups (broad SMARTS) is 1. The van der Waals surface area contributed by atoms with E-state index >= 15 is 0 Å². The fraction of sp³-hybridized carbons (Fsp3) is 0.833. The molecule has 18 heavy (non-hydrogen) atoms. The molecular formula is C12H22N2O4. The van der Waals surface area contributed by atoms with Crippen molar-refractivity contribution in [3.63, 3.8) is 0 Å². The Labute approximate surface area is 107 Å². The van der Waals surface area contributed by atoms with Gasteiger partial charge in [0.25, 0.3) is 0 Å². The maximum Gasteiger partial charge on any atom is 0.326 e. The first kappa shape index (κ1) is 14.8. The highest BCUT2D eigenvalue weighted by atomic mass is 16.4. The lowest BCUT2D eigenvalue weighted by molar-refractivity contribution is -0.141. The van der Waals surface area contributed by atoms with Crippen LogP contribution in [0.3, 0.4) is 0 Å². The van der Waals surface area contributed by atoms with Crippen molar-refractivity contribution in [1.82, 2.24) is 9.80 Å². The number of carboxylic acids is 1. The summed E-state index contributed by atoms with van der Waals surface area (Å²) in [5.41, 5.74) is 0. The number of aliphatic hydroxyl groups excluding tert-OH is 1. The Hall–Kier alpha value is -1.30. The lowest BCUT2D eigenvalue weighted by atomic mass is 10.2. The van der Waals surface area contributed by atoms with Crippen molar-refractivity contribution in [3.8, 4) is 0 Å². The van der Waals surface area contributed by atoms with Crippen LogP contribution in [0, 0.1) is 0 Å². The molecule has 6 heteroatoms. The van der Waals surface area contributed by atoms with Crippen LogP contribution in [0.15, 0.2) is 0 Å². The average Bonchev–Trinajstić information content (AvgIpc) is 2.70. The molecule has 0 spiro atoms. The van der Waals surface area contributed by atoms with Crippen LogP contribution in [0.25, 0.3) is 0 Å². The van der Waals surface area contributed by atoms with E-state index in [9.17, 15) is 14.7 Å². The van der Waals surface area contributed by atoms with Crippen molar-refractivity contribution in [2.45, 2.75) is 44.8 Å². The SMILES string of the molecule is CCCCCN(C)C(=O)N1CC(O)C[C@H]1C(=O)O. The van der Waals surface area contributed by atoms with E-state index in [1.54, 1.807) is 7.05 Å². The van der Waals surface area contributed by atoms with Gasteiger partial charge in [-0.2, -0.15) is 0 Å². The van der Waals surface area contributed by atoms with Gasteiger partial charge in [-0.25, -0.2) is 9.59 Å². The summed E-state index contributed by atoms with van der Waals surface area (Å²) in [4.78, 5) is 25.9. The summed E-state index contributed by atoms with van der Waals surface area (Å²) in [6, 6.07) is -1.21. The molecule has 2 amide bonds. The first-order valence-electron chi connectivity index (χ1n) is 6.40. The van der Waals surface area contributed by atoms with Crippen molar-refractivity contribution in [2.24, 2.45) is 0 Å². The molecule has 1 fully saturated rings. The monoisotopic (exact) mass is 258 g/mol. The molecule has 2 N–H and O–H groups in total. The Kier molecular flexibility index (Phi) is 5.40. The van der Waals surface area contributed by atoms with Crippen molar-refractivity contribution in [3.05, 3.63) is 0 Å². The number of carbonyl (C=O) groups excluding carboxylic acids is 1. The number of likely N-dealkylation sites (tertiary alicyclic amines) is 1. The topological polar surface area (TPSA) is 81.1 Å². The number of nitrogens with zero attached hydrogens (tertiary/aromatic N) is 2. The fourth-order valence-corrected chi connectivity index (χ4v) is 2.17. The van der Waals surface area contributed by atoms with Crippen LogP contribution in [-0.2, 0) is 4.79 Å². The molecule has 0 bridgehead atoms. The Bertz CT molecular complexity index is 308. The van der Waals surface area contributed by atoms with Gasteiger partial charge in [0, 0.05) is 26.6 Å². The van der Waals surface area contributed by atoms with E-state index in [0.29, 0.717) is 6.54 Å². The molecule has 0 aromatic heterocycles.